The zero-order chi connectivity index (χ0) is 17.8. The van der Waals surface area contributed by atoms with Crippen LogP contribution >= 0.6 is 0 Å². The van der Waals surface area contributed by atoms with Crippen molar-refractivity contribution in [3.8, 4) is 0 Å². The Hall–Kier alpha value is -2.70. The van der Waals surface area contributed by atoms with Crippen molar-refractivity contribution in [1.82, 2.24) is 20.3 Å². The van der Waals surface area contributed by atoms with Gasteiger partial charge in [-0.25, -0.2) is 9.97 Å². The largest absolute Gasteiger partial charge is 0.356 e. The van der Waals surface area contributed by atoms with E-state index < -0.39 is 0 Å². The molecule has 2 aliphatic rings. The predicted octanol–water partition coefficient (Wildman–Crippen LogP) is 1.87. The van der Waals surface area contributed by atoms with E-state index in [2.05, 4.69) is 36.1 Å². The summed E-state index contributed by atoms with van der Waals surface area (Å²) in [5.74, 6) is 1.84. The molecule has 136 valence electrons. The first-order valence-electron chi connectivity index (χ1n) is 9.33. The first-order chi connectivity index (χ1) is 12.8. The van der Waals surface area contributed by atoms with E-state index >= 15 is 0 Å². The third kappa shape index (κ3) is 3.76. The van der Waals surface area contributed by atoms with Crippen LogP contribution in [0.2, 0.25) is 0 Å². The van der Waals surface area contributed by atoms with Gasteiger partial charge in [-0.2, -0.15) is 0 Å². The standard InChI is InChI=1S/C19H24N6O/c26-19(16-7-1-2-8-20-16)23-15-6-5-11-25(13-15)18-12-17(21-14-22-18)24-9-3-4-10-24/h1-2,7-8,12,14-15H,3-6,9-11,13H2,(H,23,26). The van der Waals surface area contributed by atoms with Crippen molar-refractivity contribution < 1.29 is 4.79 Å². The Morgan fingerprint density at radius 1 is 1.00 bits per heavy atom. The van der Waals surface area contributed by atoms with Gasteiger partial charge in [0.15, 0.2) is 0 Å². The molecule has 1 N–H and O–H groups in total. The molecule has 0 spiro atoms. The van der Waals surface area contributed by atoms with E-state index in [1.165, 1.54) is 12.8 Å². The average molecular weight is 352 g/mol. The second-order valence-corrected chi connectivity index (χ2v) is 6.90. The van der Waals surface area contributed by atoms with Gasteiger partial charge in [0, 0.05) is 44.5 Å². The van der Waals surface area contributed by atoms with Crippen LogP contribution in [0.4, 0.5) is 11.6 Å². The topological polar surface area (TPSA) is 74.2 Å². The third-order valence-corrected chi connectivity index (χ3v) is 5.05. The molecule has 7 heteroatoms. The number of anilines is 2. The Morgan fingerprint density at radius 2 is 1.77 bits per heavy atom. The lowest BCUT2D eigenvalue weighted by molar-refractivity contribution is 0.0928. The van der Waals surface area contributed by atoms with E-state index in [1.807, 2.05) is 12.1 Å². The van der Waals surface area contributed by atoms with E-state index in [0.717, 1.165) is 50.7 Å². The van der Waals surface area contributed by atoms with Crippen LogP contribution in [0.5, 0.6) is 0 Å². The van der Waals surface area contributed by atoms with Gasteiger partial charge in [0.25, 0.3) is 5.91 Å². The third-order valence-electron chi connectivity index (χ3n) is 5.05. The Balaban J connectivity index is 1.42. The molecule has 0 aromatic carbocycles. The van der Waals surface area contributed by atoms with Gasteiger partial charge < -0.3 is 15.1 Å². The fraction of sp³-hybridized carbons (Fsp3) is 0.474. The van der Waals surface area contributed by atoms with E-state index in [1.54, 1.807) is 18.6 Å². The fourth-order valence-corrected chi connectivity index (χ4v) is 3.69. The summed E-state index contributed by atoms with van der Waals surface area (Å²) in [6.07, 6.45) is 7.74. The van der Waals surface area contributed by atoms with Gasteiger partial charge in [-0.3, -0.25) is 9.78 Å². The molecule has 0 aliphatic carbocycles. The van der Waals surface area contributed by atoms with E-state index in [-0.39, 0.29) is 11.9 Å². The number of carbonyl (C=O) groups excluding carboxylic acids is 1. The number of pyridine rings is 1. The van der Waals surface area contributed by atoms with Crippen LogP contribution < -0.4 is 15.1 Å². The maximum Gasteiger partial charge on any atom is 0.270 e. The normalized spacial score (nSPS) is 20.2. The molecule has 1 amide bonds. The molecule has 2 saturated heterocycles. The van der Waals surface area contributed by atoms with Crippen molar-refractivity contribution in [2.24, 2.45) is 0 Å². The highest BCUT2D eigenvalue weighted by atomic mass is 16.1. The number of aromatic nitrogens is 3. The minimum absolute atomic E-state index is 0.100. The number of rotatable bonds is 4. The second-order valence-electron chi connectivity index (χ2n) is 6.90. The van der Waals surface area contributed by atoms with Gasteiger partial charge in [-0.1, -0.05) is 6.07 Å². The van der Waals surface area contributed by atoms with Gasteiger partial charge in [0.1, 0.15) is 23.7 Å². The molecule has 2 aliphatic heterocycles. The molecule has 2 aromatic heterocycles. The molecule has 26 heavy (non-hydrogen) atoms. The van der Waals surface area contributed by atoms with Gasteiger partial charge >= 0.3 is 0 Å². The Bertz CT molecular complexity index is 747. The smallest absolute Gasteiger partial charge is 0.270 e. The number of carbonyl (C=O) groups is 1. The number of nitrogens with one attached hydrogen (secondary N) is 1. The SMILES string of the molecule is O=C(NC1CCCN(c2cc(N3CCCC3)ncn2)C1)c1ccccn1. The van der Waals surface area contributed by atoms with Gasteiger partial charge in [-0.15, -0.1) is 0 Å². The van der Waals surface area contributed by atoms with Gasteiger partial charge in [0.05, 0.1) is 0 Å². The first-order valence-corrected chi connectivity index (χ1v) is 9.33. The maximum absolute atomic E-state index is 12.4. The van der Waals surface area contributed by atoms with Crippen molar-refractivity contribution in [3.05, 3.63) is 42.5 Å². The van der Waals surface area contributed by atoms with Crippen molar-refractivity contribution in [1.29, 1.82) is 0 Å². The van der Waals surface area contributed by atoms with Gasteiger partial charge in [-0.05, 0) is 37.8 Å². The minimum Gasteiger partial charge on any atom is -0.356 e. The van der Waals surface area contributed by atoms with Crippen molar-refractivity contribution in [2.45, 2.75) is 31.7 Å². The summed E-state index contributed by atoms with van der Waals surface area (Å²) >= 11 is 0. The molecule has 2 aromatic rings. The summed E-state index contributed by atoms with van der Waals surface area (Å²) in [4.78, 5) is 29.9. The van der Waals surface area contributed by atoms with Crippen LogP contribution in [0.25, 0.3) is 0 Å². The van der Waals surface area contributed by atoms with Crippen LogP contribution in [0.15, 0.2) is 36.8 Å². The molecule has 4 rings (SSSR count). The maximum atomic E-state index is 12.4. The predicted molar refractivity (Wildman–Crippen MR) is 100 cm³/mol. The highest BCUT2D eigenvalue weighted by Crippen LogP contribution is 2.23. The molecule has 0 saturated carbocycles. The summed E-state index contributed by atoms with van der Waals surface area (Å²) in [6.45, 7) is 3.85. The fourth-order valence-electron chi connectivity index (χ4n) is 3.69. The van der Waals surface area contributed by atoms with E-state index in [4.69, 9.17) is 0 Å². The highest BCUT2D eigenvalue weighted by molar-refractivity contribution is 5.92. The number of piperidine rings is 1. The molecular weight excluding hydrogens is 328 g/mol. The van der Waals surface area contributed by atoms with E-state index in [9.17, 15) is 4.79 Å². The van der Waals surface area contributed by atoms with Gasteiger partial charge in [0.2, 0.25) is 0 Å². The van der Waals surface area contributed by atoms with Crippen LogP contribution in [-0.4, -0.2) is 53.1 Å². The summed E-state index contributed by atoms with van der Waals surface area (Å²) < 4.78 is 0. The van der Waals surface area contributed by atoms with Crippen LogP contribution in [0.3, 0.4) is 0 Å². The summed E-state index contributed by atoms with van der Waals surface area (Å²) in [5.41, 5.74) is 0.461. The second kappa shape index (κ2) is 7.68. The van der Waals surface area contributed by atoms with Crippen LogP contribution in [0.1, 0.15) is 36.2 Å². The molecule has 1 atom stereocenters. The molecule has 4 heterocycles. The first kappa shape index (κ1) is 16.8. The minimum atomic E-state index is -0.113. The summed E-state index contributed by atoms with van der Waals surface area (Å²) in [7, 11) is 0. The summed E-state index contributed by atoms with van der Waals surface area (Å²) in [6, 6.07) is 7.56. The summed E-state index contributed by atoms with van der Waals surface area (Å²) in [5, 5.41) is 3.11. The molecule has 2 fully saturated rings. The number of nitrogens with zero attached hydrogens (tertiary/aromatic N) is 5. The molecule has 0 radical (unpaired) electrons. The molecular formula is C19H24N6O. The lowest BCUT2D eigenvalue weighted by Gasteiger charge is -2.34. The highest BCUT2D eigenvalue weighted by Gasteiger charge is 2.24. The lowest BCUT2D eigenvalue weighted by atomic mass is 10.1. The van der Waals surface area contributed by atoms with Crippen molar-refractivity contribution in [2.75, 3.05) is 36.0 Å². The Kier molecular flexibility index (Phi) is 4.95. The van der Waals surface area contributed by atoms with Crippen LogP contribution in [-0.2, 0) is 0 Å². The average Bonchev–Trinajstić information content (AvgIpc) is 3.24. The lowest BCUT2D eigenvalue weighted by Crippen LogP contribution is -2.48. The Morgan fingerprint density at radius 3 is 2.54 bits per heavy atom. The number of hydrogen-bond acceptors (Lipinski definition) is 6. The molecule has 0 bridgehead atoms. The Labute approximate surface area is 153 Å². The van der Waals surface area contributed by atoms with Crippen molar-refractivity contribution in [3.63, 3.8) is 0 Å². The number of amides is 1. The number of hydrogen-bond donors (Lipinski definition) is 1. The van der Waals surface area contributed by atoms with Crippen LogP contribution in [0, 0.1) is 0 Å². The molecule has 1 unspecified atom stereocenters. The monoisotopic (exact) mass is 352 g/mol. The zero-order valence-corrected chi connectivity index (χ0v) is 14.8. The quantitative estimate of drug-likeness (QED) is 0.905. The van der Waals surface area contributed by atoms with E-state index in [0.29, 0.717) is 5.69 Å². The zero-order valence-electron chi connectivity index (χ0n) is 14.8. The molecule has 7 nitrogen and oxygen atoms in total. The van der Waals surface area contributed by atoms with Crippen molar-refractivity contribution >= 4 is 17.5 Å².